The lowest BCUT2D eigenvalue weighted by atomic mass is 9.98. The molecule has 3 rings (SSSR count). The van der Waals surface area contributed by atoms with Crippen molar-refractivity contribution in [2.75, 3.05) is 24.5 Å². The van der Waals surface area contributed by atoms with Crippen LogP contribution in [0.3, 0.4) is 0 Å². The average molecular weight is 292 g/mol. The van der Waals surface area contributed by atoms with E-state index in [1.54, 1.807) is 12.3 Å². The number of aromatic nitrogens is 2. The fourth-order valence-corrected chi connectivity index (χ4v) is 2.91. The molecule has 1 saturated heterocycles. The smallest absolute Gasteiger partial charge is 0.254 e. The summed E-state index contributed by atoms with van der Waals surface area (Å²) in [4.78, 5) is 14.1. The molecule has 0 bridgehead atoms. The van der Waals surface area contributed by atoms with E-state index in [1.165, 1.54) is 24.3 Å². The Hall–Kier alpha value is -1.89. The molecule has 0 aliphatic carbocycles. The summed E-state index contributed by atoms with van der Waals surface area (Å²) in [7, 11) is 0. The molecule has 1 fully saturated rings. The molecule has 6 nitrogen and oxygen atoms in total. The van der Waals surface area contributed by atoms with Crippen molar-refractivity contribution in [3.8, 4) is 0 Å². The molecule has 106 valence electrons. The van der Waals surface area contributed by atoms with Crippen molar-refractivity contribution in [1.82, 2.24) is 14.1 Å². The van der Waals surface area contributed by atoms with Gasteiger partial charge in [-0.1, -0.05) is 0 Å². The third kappa shape index (κ3) is 2.98. The number of nitrogens with zero attached hydrogens (tertiary/aromatic N) is 3. The van der Waals surface area contributed by atoms with Crippen molar-refractivity contribution >= 4 is 23.5 Å². The highest BCUT2D eigenvalue weighted by Gasteiger charge is 2.22. The van der Waals surface area contributed by atoms with E-state index < -0.39 is 0 Å². The molecule has 1 aliphatic rings. The maximum atomic E-state index is 11.9. The monoisotopic (exact) mass is 292 g/mol. The molecule has 0 aromatic carbocycles. The number of carbonyl (C=O) groups is 1. The number of hydrogen-bond donors (Lipinski definition) is 1. The average Bonchev–Trinajstić information content (AvgIpc) is 3.17. The van der Waals surface area contributed by atoms with Gasteiger partial charge in [0.25, 0.3) is 5.91 Å². The first kappa shape index (κ1) is 13.1. The van der Waals surface area contributed by atoms with Crippen LogP contribution in [0.2, 0.25) is 0 Å². The topological polar surface area (TPSA) is 71.3 Å². The largest absolute Gasteiger partial charge is 0.472 e. The maximum Gasteiger partial charge on any atom is 0.254 e. The quantitative estimate of drug-likeness (QED) is 0.930. The van der Waals surface area contributed by atoms with Gasteiger partial charge in [-0.2, -0.15) is 8.75 Å². The Kier molecular flexibility index (Phi) is 3.96. The van der Waals surface area contributed by atoms with Crippen molar-refractivity contribution in [3.05, 3.63) is 30.4 Å². The molecule has 1 unspecified atom stereocenters. The second-order valence-electron chi connectivity index (χ2n) is 4.94. The number of piperidine rings is 1. The third-order valence-corrected chi connectivity index (χ3v) is 4.00. The summed E-state index contributed by atoms with van der Waals surface area (Å²) in [6.45, 7) is 2.60. The van der Waals surface area contributed by atoms with Gasteiger partial charge >= 0.3 is 0 Å². The molecule has 20 heavy (non-hydrogen) atoms. The van der Waals surface area contributed by atoms with E-state index in [1.807, 2.05) is 0 Å². The summed E-state index contributed by atoms with van der Waals surface area (Å²) in [6.07, 6.45) is 7.01. The van der Waals surface area contributed by atoms with Gasteiger partial charge in [0.05, 0.1) is 29.8 Å². The Labute approximate surface area is 121 Å². The Bertz CT molecular complexity index is 541. The number of furan rings is 1. The summed E-state index contributed by atoms with van der Waals surface area (Å²) in [6, 6.07) is 1.67. The van der Waals surface area contributed by atoms with E-state index in [2.05, 4.69) is 19.0 Å². The highest BCUT2D eigenvalue weighted by Crippen LogP contribution is 2.21. The molecule has 1 atom stereocenters. The zero-order valence-corrected chi connectivity index (χ0v) is 11.8. The molecule has 1 N–H and O–H groups in total. The lowest BCUT2D eigenvalue weighted by Gasteiger charge is -2.32. The highest BCUT2D eigenvalue weighted by atomic mass is 32.1. The second kappa shape index (κ2) is 6.04. The molecule has 2 aromatic heterocycles. The molecule has 0 spiro atoms. The van der Waals surface area contributed by atoms with Gasteiger partial charge in [0.2, 0.25) is 0 Å². The normalized spacial score (nSPS) is 19.0. The number of rotatable bonds is 4. The van der Waals surface area contributed by atoms with Crippen LogP contribution in [0, 0.1) is 5.92 Å². The Morgan fingerprint density at radius 2 is 2.55 bits per heavy atom. The molecular weight excluding hydrogens is 276 g/mol. The lowest BCUT2D eigenvalue weighted by molar-refractivity contribution is 0.0945. The van der Waals surface area contributed by atoms with E-state index in [4.69, 9.17) is 4.42 Å². The van der Waals surface area contributed by atoms with Crippen LogP contribution in [0.4, 0.5) is 5.82 Å². The molecule has 7 heteroatoms. The van der Waals surface area contributed by atoms with Gasteiger partial charge in [0.1, 0.15) is 6.26 Å². The first-order chi connectivity index (χ1) is 9.83. The number of carbonyl (C=O) groups excluding carboxylic acids is 1. The summed E-state index contributed by atoms with van der Waals surface area (Å²) in [5.41, 5.74) is 0.571. The van der Waals surface area contributed by atoms with Gasteiger partial charge in [-0.3, -0.25) is 4.79 Å². The SMILES string of the molecule is O=C(NCC1CCCN(c2cnsn2)C1)c1ccoc1. The van der Waals surface area contributed by atoms with Crippen LogP contribution in [0.25, 0.3) is 0 Å². The molecular formula is C13H16N4O2S. The van der Waals surface area contributed by atoms with Gasteiger partial charge < -0.3 is 14.6 Å². The first-order valence-corrected chi connectivity index (χ1v) is 7.39. The van der Waals surface area contributed by atoms with Crippen LogP contribution in [0.15, 0.2) is 29.2 Å². The molecule has 0 saturated carbocycles. The van der Waals surface area contributed by atoms with Crippen molar-refractivity contribution < 1.29 is 9.21 Å². The van der Waals surface area contributed by atoms with E-state index in [0.717, 1.165) is 31.7 Å². The van der Waals surface area contributed by atoms with Gasteiger partial charge in [-0.05, 0) is 24.8 Å². The third-order valence-electron chi connectivity index (χ3n) is 3.53. The van der Waals surface area contributed by atoms with Crippen LogP contribution < -0.4 is 10.2 Å². The van der Waals surface area contributed by atoms with Crippen LogP contribution in [0.1, 0.15) is 23.2 Å². The number of hydrogen-bond acceptors (Lipinski definition) is 6. The van der Waals surface area contributed by atoms with Crippen molar-refractivity contribution in [1.29, 1.82) is 0 Å². The van der Waals surface area contributed by atoms with Gasteiger partial charge in [-0.15, -0.1) is 0 Å². The number of nitrogens with one attached hydrogen (secondary N) is 1. The first-order valence-electron chi connectivity index (χ1n) is 6.66. The predicted molar refractivity (Wildman–Crippen MR) is 75.9 cm³/mol. The zero-order chi connectivity index (χ0) is 13.8. The minimum atomic E-state index is -0.0776. The Balaban J connectivity index is 1.52. The van der Waals surface area contributed by atoms with E-state index >= 15 is 0 Å². The Morgan fingerprint density at radius 3 is 3.30 bits per heavy atom. The van der Waals surface area contributed by atoms with Crippen LogP contribution in [-0.2, 0) is 0 Å². The van der Waals surface area contributed by atoms with Gasteiger partial charge in [0.15, 0.2) is 5.82 Å². The molecule has 1 amide bonds. The molecule has 2 aromatic rings. The van der Waals surface area contributed by atoms with Gasteiger partial charge in [-0.25, -0.2) is 0 Å². The predicted octanol–water partition coefficient (Wildman–Crippen LogP) is 1.78. The second-order valence-corrected chi connectivity index (χ2v) is 5.50. The lowest BCUT2D eigenvalue weighted by Crippen LogP contribution is -2.41. The molecule has 3 heterocycles. The summed E-state index contributed by atoms with van der Waals surface area (Å²) < 4.78 is 13.2. The van der Waals surface area contributed by atoms with Crippen LogP contribution in [-0.4, -0.2) is 34.3 Å². The molecule has 0 radical (unpaired) electrons. The fourth-order valence-electron chi connectivity index (χ4n) is 2.47. The van der Waals surface area contributed by atoms with Crippen LogP contribution in [0.5, 0.6) is 0 Å². The van der Waals surface area contributed by atoms with E-state index in [9.17, 15) is 4.79 Å². The molecule has 1 aliphatic heterocycles. The Morgan fingerprint density at radius 1 is 1.60 bits per heavy atom. The van der Waals surface area contributed by atoms with Crippen molar-refractivity contribution in [2.24, 2.45) is 5.92 Å². The van der Waals surface area contributed by atoms with E-state index in [0.29, 0.717) is 18.0 Å². The fraction of sp³-hybridized carbons (Fsp3) is 0.462. The maximum absolute atomic E-state index is 11.9. The minimum Gasteiger partial charge on any atom is -0.472 e. The van der Waals surface area contributed by atoms with Crippen molar-refractivity contribution in [3.63, 3.8) is 0 Å². The van der Waals surface area contributed by atoms with Crippen molar-refractivity contribution in [2.45, 2.75) is 12.8 Å². The zero-order valence-electron chi connectivity index (χ0n) is 11.0. The van der Waals surface area contributed by atoms with Crippen LogP contribution >= 0.6 is 11.7 Å². The number of amides is 1. The summed E-state index contributed by atoms with van der Waals surface area (Å²) >= 11 is 1.23. The number of anilines is 1. The minimum absolute atomic E-state index is 0.0776. The standard InChI is InChI=1S/C13H16N4O2S/c18-13(11-3-5-19-9-11)14-6-10-2-1-4-17(8-10)12-7-15-20-16-12/h3,5,7,9-10H,1-2,4,6,8H2,(H,14,18). The highest BCUT2D eigenvalue weighted by molar-refractivity contribution is 6.99. The summed E-state index contributed by atoms with van der Waals surface area (Å²) in [5.74, 6) is 1.31. The van der Waals surface area contributed by atoms with Gasteiger partial charge in [0, 0.05) is 19.6 Å². The summed E-state index contributed by atoms with van der Waals surface area (Å²) in [5, 5.41) is 2.96. The van der Waals surface area contributed by atoms with E-state index in [-0.39, 0.29) is 5.91 Å².